The van der Waals surface area contributed by atoms with Gasteiger partial charge in [0.25, 0.3) is 5.91 Å². The second-order valence-corrected chi connectivity index (χ2v) is 6.32. The molecule has 5 heteroatoms. The second kappa shape index (κ2) is 7.45. The third-order valence-electron chi connectivity index (χ3n) is 4.75. The molecule has 128 valence electrons. The highest BCUT2D eigenvalue weighted by Gasteiger charge is 2.28. The van der Waals surface area contributed by atoms with Gasteiger partial charge >= 0.3 is 0 Å². The Balaban J connectivity index is 1.60. The summed E-state index contributed by atoms with van der Waals surface area (Å²) in [6.07, 6.45) is 0.744. The quantitative estimate of drug-likeness (QED) is 0.934. The minimum absolute atomic E-state index is 0.0514. The van der Waals surface area contributed by atoms with Crippen LogP contribution in [0.3, 0.4) is 0 Å². The number of hydrogen-bond donors (Lipinski definition) is 1. The van der Waals surface area contributed by atoms with Crippen LogP contribution in [0.2, 0.25) is 0 Å². The Morgan fingerprint density at radius 3 is 2.28 bits per heavy atom. The van der Waals surface area contributed by atoms with Gasteiger partial charge in [0, 0.05) is 18.7 Å². The molecule has 1 aliphatic rings. The number of aliphatic hydroxyl groups excluding tert-OH is 1. The van der Waals surface area contributed by atoms with Gasteiger partial charge in [-0.05, 0) is 60.7 Å². The van der Waals surface area contributed by atoms with Crippen LogP contribution in [0.1, 0.15) is 40.4 Å². The topological polar surface area (TPSA) is 64.3 Å². The summed E-state index contributed by atoms with van der Waals surface area (Å²) in [7, 11) is 0. The zero-order valence-corrected chi connectivity index (χ0v) is 13.7. The van der Waals surface area contributed by atoms with Crippen molar-refractivity contribution in [1.29, 1.82) is 5.26 Å². The number of piperidine rings is 1. The van der Waals surface area contributed by atoms with Crippen LogP contribution in [0.5, 0.6) is 0 Å². The van der Waals surface area contributed by atoms with Crippen LogP contribution in [0, 0.1) is 23.1 Å². The Labute approximate surface area is 146 Å². The molecule has 0 saturated carbocycles. The van der Waals surface area contributed by atoms with Crippen LogP contribution >= 0.6 is 0 Å². The van der Waals surface area contributed by atoms with Gasteiger partial charge in [0.15, 0.2) is 0 Å². The summed E-state index contributed by atoms with van der Waals surface area (Å²) >= 11 is 0. The fourth-order valence-electron chi connectivity index (χ4n) is 3.22. The Morgan fingerprint density at radius 2 is 1.72 bits per heavy atom. The average Bonchev–Trinajstić information content (AvgIpc) is 2.67. The molecule has 0 bridgehead atoms. The molecule has 1 amide bonds. The van der Waals surface area contributed by atoms with Gasteiger partial charge < -0.3 is 10.0 Å². The molecule has 2 aromatic rings. The number of nitrogens with zero attached hydrogens (tertiary/aromatic N) is 2. The lowest BCUT2D eigenvalue weighted by molar-refractivity contribution is 0.0462. The van der Waals surface area contributed by atoms with Crippen molar-refractivity contribution in [3.63, 3.8) is 0 Å². The van der Waals surface area contributed by atoms with E-state index in [0.29, 0.717) is 42.6 Å². The first-order valence-corrected chi connectivity index (χ1v) is 8.31. The molecule has 1 atom stereocenters. The Kier molecular flexibility index (Phi) is 5.11. The fraction of sp³-hybridized carbons (Fsp3) is 0.300. The number of hydrogen-bond acceptors (Lipinski definition) is 3. The van der Waals surface area contributed by atoms with Gasteiger partial charge in [-0.1, -0.05) is 12.1 Å². The van der Waals surface area contributed by atoms with Crippen molar-refractivity contribution in [3.05, 3.63) is 71.0 Å². The van der Waals surface area contributed by atoms with Gasteiger partial charge in [-0.3, -0.25) is 4.79 Å². The van der Waals surface area contributed by atoms with Gasteiger partial charge in [-0.15, -0.1) is 0 Å². The number of likely N-dealkylation sites (tertiary alicyclic amines) is 1. The van der Waals surface area contributed by atoms with E-state index in [0.717, 1.165) is 0 Å². The Morgan fingerprint density at radius 1 is 1.12 bits per heavy atom. The molecule has 4 nitrogen and oxygen atoms in total. The van der Waals surface area contributed by atoms with Crippen molar-refractivity contribution in [1.82, 2.24) is 4.90 Å². The second-order valence-electron chi connectivity index (χ2n) is 6.32. The maximum Gasteiger partial charge on any atom is 0.253 e. The summed E-state index contributed by atoms with van der Waals surface area (Å²) in [6.45, 7) is 1.14. The smallest absolute Gasteiger partial charge is 0.253 e. The average molecular weight is 338 g/mol. The molecular weight excluding hydrogens is 319 g/mol. The maximum absolute atomic E-state index is 13.0. The summed E-state index contributed by atoms with van der Waals surface area (Å²) in [6, 6.07) is 14.6. The predicted octanol–water partition coefficient (Wildman–Crippen LogP) is 3.28. The molecule has 0 aliphatic carbocycles. The number of benzene rings is 2. The fourth-order valence-corrected chi connectivity index (χ4v) is 3.22. The van der Waals surface area contributed by atoms with E-state index in [1.165, 1.54) is 12.1 Å². The van der Waals surface area contributed by atoms with Crippen LogP contribution in [-0.2, 0) is 0 Å². The lowest BCUT2D eigenvalue weighted by Gasteiger charge is -2.34. The van der Waals surface area contributed by atoms with Crippen molar-refractivity contribution in [2.45, 2.75) is 18.9 Å². The highest BCUT2D eigenvalue weighted by molar-refractivity contribution is 5.94. The monoisotopic (exact) mass is 338 g/mol. The van der Waals surface area contributed by atoms with E-state index >= 15 is 0 Å². The predicted molar refractivity (Wildman–Crippen MR) is 91.1 cm³/mol. The largest absolute Gasteiger partial charge is 0.388 e. The molecule has 0 radical (unpaired) electrons. The number of halogens is 1. The molecule has 0 spiro atoms. The molecule has 1 saturated heterocycles. The van der Waals surface area contributed by atoms with E-state index in [1.54, 1.807) is 41.3 Å². The van der Waals surface area contributed by atoms with E-state index in [-0.39, 0.29) is 17.6 Å². The maximum atomic E-state index is 13.0. The lowest BCUT2D eigenvalue weighted by atomic mass is 9.87. The van der Waals surface area contributed by atoms with Crippen LogP contribution < -0.4 is 0 Å². The van der Waals surface area contributed by atoms with Crippen molar-refractivity contribution in [3.8, 4) is 6.07 Å². The van der Waals surface area contributed by atoms with Gasteiger partial charge in [0.05, 0.1) is 17.7 Å². The van der Waals surface area contributed by atoms with Crippen LogP contribution in [0.4, 0.5) is 4.39 Å². The van der Waals surface area contributed by atoms with Crippen molar-refractivity contribution in [2.75, 3.05) is 13.1 Å². The normalized spacial score (nSPS) is 16.3. The SMILES string of the molecule is N#Cc1ccc(C(=O)N2CCC(C(O)c3ccc(F)cc3)CC2)cc1. The number of amides is 1. The molecule has 1 unspecified atom stereocenters. The first-order chi connectivity index (χ1) is 12.1. The highest BCUT2D eigenvalue weighted by Crippen LogP contribution is 2.31. The number of nitriles is 1. The molecule has 1 heterocycles. The molecule has 3 rings (SSSR count). The highest BCUT2D eigenvalue weighted by atomic mass is 19.1. The van der Waals surface area contributed by atoms with Gasteiger partial charge in [-0.25, -0.2) is 4.39 Å². The number of carbonyl (C=O) groups excluding carboxylic acids is 1. The van der Waals surface area contributed by atoms with Crippen LogP contribution in [0.25, 0.3) is 0 Å². The first-order valence-electron chi connectivity index (χ1n) is 8.31. The van der Waals surface area contributed by atoms with Crippen molar-refractivity contribution >= 4 is 5.91 Å². The molecule has 1 aliphatic heterocycles. The van der Waals surface area contributed by atoms with E-state index in [1.807, 2.05) is 6.07 Å². The van der Waals surface area contributed by atoms with E-state index < -0.39 is 6.10 Å². The summed E-state index contributed by atoms with van der Waals surface area (Å²) in [4.78, 5) is 14.3. The van der Waals surface area contributed by atoms with Gasteiger partial charge in [0.2, 0.25) is 0 Å². The zero-order valence-electron chi connectivity index (χ0n) is 13.7. The summed E-state index contributed by atoms with van der Waals surface area (Å²) in [5, 5.41) is 19.3. The number of aliphatic hydroxyl groups is 1. The third-order valence-corrected chi connectivity index (χ3v) is 4.75. The molecule has 1 N–H and O–H groups in total. The minimum Gasteiger partial charge on any atom is -0.388 e. The molecule has 2 aromatic carbocycles. The number of rotatable bonds is 3. The van der Waals surface area contributed by atoms with E-state index in [9.17, 15) is 14.3 Å². The standard InChI is InChI=1S/C20H19FN2O2/c21-18-7-5-15(6-8-18)19(24)16-9-11-23(12-10-16)20(25)17-3-1-14(13-22)2-4-17/h1-8,16,19,24H,9-12H2. The molecule has 25 heavy (non-hydrogen) atoms. The van der Waals surface area contributed by atoms with Crippen molar-refractivity contribution < 1.29 is 14.3 Å². The Bertz CT molecular complexity index is 773. The minimum atomic E-state index is -0.646. The van der Waals surface area contributed by atoms with Gasteiger partial charge in [-0.2, -0.15) is 5.26 Å². The lowest BCUT2D eigenvalue weighted by Crippen LogP contribution is -2.39. The Hall–Kier alpha value is -2.71. The zero-order chi connectivity index (χ0) is 17.8. The van der Waals surface area contributed by atoms with E-state index in [4.69, 9.17) is 5.26 Å². The first kappa shape index (κ1) is 17.1. The van der Waals surface area contributed by atoms with E-state index in [2.05, 4.69) is 0 Å². The van der Waals surface area contributed by atoms with Gasteiger partial charge in [0.1, 0.15) is 5.82 Å². The van der Waals surface area contributed by atoms with Crippen LogP contribution in [-0.4, -0.2) is 29.0 Å². The molecular formula is C20H19FN2O2. The number of carbonyl (C=O) groups is 1. The van der Waals surface area contributed by atoms with Crippen molar-refractivity contribution in [2.24, 2.45) is 5.92 Å². The summed E-state index contributed by atoms with van der Waals surface area (Å²) < 4.78 is 13.0. The summed E-state index contributed by atoms with van der Waals surface area (Å²) in [5.74, 6) is -0.325. The third kappa shape index (κ3) is 3.86. The summed E-state index contributed by atoms with van der Waals surface area (Å²) in [5.41, 5.74) is 1.80. The molecule has 0 aromatic heterocycles. The van der Waals surface area contributed by atoms with Crippen LogP contribution in [0.15, 0.2) is 48.5 Å². The molecule has 1 fully saturated rings.